The summed E-state index contributed by atoms with van der Waals surface area (Å²) >= 11 is 5.90. The van der Waals surface area contributed by atoms with Crippen LogP contribution in [0.5, 0.6) is 11.5 Å². The lowest BCUT2D eigenvalue weighted by atomic mass is 10.2. The minimum atomic E-state index is -0.0814. The number of ether oxygens (including phenoxy) is 2. The molecular formula is C19H19ClN2O3. The van der Waals surface area contributed by atoms with Crippen LogP contribution >= 0.6 is 11.6 Å². The number of anilines is 1. The summed E-state index contributed by atoms with van der Waals surface area (Å²) < 4.78 is 10.8. The number of nitrogens with one attached hydrogen (secondary N) is 1. The number of nitriles is 1. The van der Waals surface area contributed by atoms with Crippen molar-refractivity contribution in [1.82, 2.24) is 0 Å². The van der Waals surface area contributed by atoms with Gasteiger partial charge in [0, 0.05) is 17.1 Å². The van der Waals surface area contributed by atoms with Crippen LogP contribution in [0.2, 0.25) is 5.02 Å². The predicted molar refractivity (Wildman–Crippen MR) is 97.1 cm³/mol. The summed E-state index contributed by atoms with van der Waals surface area (Å²) in [7, 11) is 0. The quantitative estimate of drug-likeness (QED) is 0.712. The summed E-state index contributed by atoms with van der Waals surface area (Å²) in [4.78, 5) is 11.9. The van der Waals surface area contributed by atoms with Crippen LogP contribution in [0.3, 0.4) is 0 Å². The molecule has 0 saturated carbocycles. The Labute approximate surface area is 152 Å². The molecule has 0 heterocycles. The SMILES string of the molecule is Cc1cc(Cl)ccc1OCCCC(=O)Nc1ccc(OCC#N)cc1. The van der Waals surface area contributed by atoms with Crippen molar-refractivity contribution in [3.8, 4) is 17.6 Å². The van der Waals surface area contributed by atoms with Crippen LogP contribution < -0.4 is 14.8 Å². The normalized spacial score (nSPS) is 9.96. The van der Waals surface area contributed by atoms with E-state index in [-0.39, 0.29) is 12.5 Å². The third-order valence-electron chi connectivity index (χ3n) is 3.38. The third-order valence-corrected chi connectivity index (χ3v) is 3.62. The van der Waals surface area contributed by atoms with Crippen LogP contribution in [0.1, 0.15) is 18.4 Å². The Morgan fingerprint density at radius 1 is 1.20 bits per heavy atom. The molecule has 0 saturated heterocycles. The van der Waals surface area contributed by atoms with Gasteiger partial charge in [-0.1, -0.05) is 11.6 Å². The van der Waals surface area contributed by atoms with Crippen LogP contribution in [0.4, 0.5) is 5.69 Å². The Kier molecular flexibility index (Phi) is 7.12. The number of halogens is 1. The first-order valence-corrected chi connectivity index (χ1v) is 8.25. The molecule has 0 aliphatic rings. The number of benzene rings is 2. The highest BCUT2D eigenvalue weighted by molar-refractivity contribution is 6.30. The number of hydrogen-bond donors (Lipinski definition) is 1. The molecule has 0 aliphatic carbocycles. The molecule has 0 spiro atoms. The van der Waals surface area contributed by atoms with Crippen molar-refractivity contribution < 1.29 is 14.3 Å². The van der Waals surface area contributed by atoms with E-state index in [0.717, 1.165) is 11.3 Å². The summed E-state index contributed by atoms with van der Waals surface area (Å²) in [6, 6.07) is 14.2. The van der Waals surface area contributed by atoms with Crippen LogP contribution in [-0.4, -0.2) is 19.1 Å². The van der Waals surface area contributed by atoms with Gasteiger partial charge in [-0.25, -0.2) is 0 Å². The van der Waals surface area contributed by atoms with Gasteiger partial charge >= 0.3 is 0 Å². The van der Waals surface area contributed by atoms with Crippen LogP contribution in [0.15, 0.2) is 42.5 Å². The van der Waals surface area contributed by atoms with Gasteiger partial charge < -0.3 is 14.8 Å². The molecule has 0 fully saturated rings. The van der Waals surface area contributed by atoms with E-state index in [1.807, 2.05) is 25.1 Å². The van der Waals surface area contributed by atoms with Gasteiger partial charge in [0.15, 0.2) is 6.61 Å². The molecule has 130 valence electrons. The summed E-state index contributed by atoms with van der Waals surface area (Å²) in [5.74, 6) is 1.28. The number of amides is 1. The van der Waals surface area contributed by atoms with Crippen molar-refractivity contribution in [1.29, 1.82) is 5.26 Å². The zero-order chi connectivity index (χ0) is 18.1. The molecule has 0 aromatic heterocycles. The minimum absolute atomic E-state index is 0.00119. The molecule has 2 aromatic rings. The smallest absolute Gasteiger partial charge is 0.224 e. The molecule has 0 atom stereocenters. The summed E-state index contributed by atoms with van der Waals surface area (Å²) in [5.41, 5.74) is 1.65. The predicted octanol–water partition coefficient (Wildman–Crippen LogP) is 4.35. The second kappa shape index (κ2) is 9.55. The first kappa shape index (κ1) is 18.6. The number of carbonyl (C=O) groups is 1. The minimum Gasteiger partial charge on any atom is -0.493 e. The maximum atomic E-state index is 11.9. The van der Waals surface area contributed by atoms with E-state index in [2.05, 4.69) is 5.32 Å². The topological polar surface area (TPSA) is 71.3 Å². The molecule has 1 N–H and O–H groups in total. The summed E-state index contributed by atoms with van der Waals surface area (Å²) in [6.07, 6.45) is 0.969. The molecule has 2 rings (SSSR count). The second-order valence-electron chi connectivity index (χ2n) is 5.38. The number of nitrogens with zero attached hydrogens (tertiary/aromatic N) is 1. The fourth-order valence-corrected chi connectivity index (χ4v) is 2.39. The molecule has 0 radical (unpaired) electrons. The lowest BCUT2D eigenvalue weighted by Gasteiger charge is -2.10. The summed E-state index contributed by atoms with van der Waals surface area (Å²) in [6.45, 7) is 2.38. The van der Waals surface area contributed by atoms with E-state index < -0.39 is 0 Å². The van der Waals surface area contributed by atoms with Crippen molar-refractivity contribution in [2.24, 2.45) is 0 Å². The van der Waals surface area contributed by atoms with Crippen molar-refractivity contribution in [3.05, 3.63) is 53.1 Å². The van der Waals surface area contributed by atoms with E-state index in [4.69, 9.17) is 26.3 Å². The van der Waals surface area contributed by atoms with Gasteiger partial charge in [0.2, 0.25) is 5.91 Å². The molecule has 1 amide bonds. The molecular weight excluding hydrogens is 340 g/mol. The highest BCUT2D eigenvalue weighted by atomic mass is 35.5. The lowest BCUT2D eigenvalue weighted by Crippen LogP contribution is -2.12. The van der Waals surface area contributed by atoms with E-state index in [9.17, 15) is 4.79 Å². The van der Waals surface area contributed by atoms with Gasteiger partial charge in [-0.05, 0) is 61.4 Å². The zero-order valence-electron chi connectivity index (χ0n) is 13.9. The lowest BCUT2D eigenvalue weighted by molar-refractivity contribution is -0.116. The van der Waals surface area contributed by atoms with Gasteiger partial charge in [0.1, 0.15) is 17.6 Å². The van der Waals surface area contributed by atoms with Crippen LogP contribution in [0, 0.1) is 18.3 Å². The largest absolute Gasteiger partial charge is 0.493 e. The fourth-order valence-electron chi connectivity index (χ4n) is 2.16. The van der Waals surface area contributed by atoms with Gasteiger partial charge in [-0.3, -0.25) is 4.79 Å². The number of rotatable bonds is 8. The average Bonchev–Trinajstić information content (AvgIpc) is 2.59. The first-order valence-electron chi connectivity index (χ1n) is 7.87. The summed E-state index contributed by atoms with van der Waals surface area (Å²) in [5, 5.41) is 11.9. The van der Waals surface area contributed by atoms with E-state index >= 15 is 0 Å². The van der Waals surface area contributed by atoms with E-state index in [0.29, 0.717) is 35.9 Å². The van der Waals surface area contributed by atoms with Gasteiger partial charge in [0.05, 0.1) is 6.61 Å². The fraction of sp³-hybridized carbons (Fsp3) is 0.263. The van der Waals surface area contributed by atoms with Crippen molar-refractivity contribution >= 4 is 23.2 Å². The van der Waals surface area contributed by atoms with E-state index in [1.54, 1.807) is 30.3 Å². The van der Waals surface area contributed by atoms with E-state index in [1.165, 1.54) is 0 Å². The number of aryl methyl sites for hydroxylation is 1. The Hall–Kier alpha value is -2.71. The van der Waals surface area contributed by atoms with Crippen molar-refractivity contribution in [2.45, 2.75) is 19.8 Å². The van der Waals surface area contributed by atoms with Gasteiger partial charge in [0.25, 0.3) is 0 Å². The standard InChI is InChI=1S/C19H19ClN2O3/c1-14-13-15(20)4-9-18(14)25-11-2-3-19(23)22-16-5-7-17(8-6-16)24-12-10-21/h4-9,13H,2-3,11-12H2,1H3,(H,22,23). The zero-order valence-corrected chi connectivity index (χ0v) is 14.7. The number of hydrogen-bond acceptors (Lipinski definition) is 4. The third kappa shape index (κ3) is 6.36. The van der Waals surface area contributed by atoms with Crippen molar-refractivity contribution in [3.63, 3.8) is 0 Å². The average molecular weight is 359 g/mol. The van der Waals surface area contributed by atoms with Crippen LogP contribution in [-0.2, 0) is 4.79 Å². The Morgan fingerprint density at radius 3 is 2.64 bits per heavy atom. The highest BCUT2D eigenvalue weighted by Gasteiger charge is 2.04. The van der Waals surface area contributed by atoms with Crippen LogP contribution in [0.25, 0.3) is 0 Å². The highest BCUT2D eigenvalue weighted by Crippen LogP contribution is 2.22. The molecule has 25 heavy (non-hydrogen) atoms. The van der Waals surface area contributed by atoms with Gasteiger partial charge in [-0.15, -0.1) is 0 Å². The Bertz CT molecular complexity index is 754. The van der Waals surface area contributed by atoms with Gasteiger partial charge in [-0.2, -0.15) is 5.26 Å². The molecule has 0 aliphatic heterocycles. The maximum Gasteiger partial charge on any atom is 0.224 e. The number of carbonyl (C=O) groups excluding carboxylic acids is 1. The molecule has 6 heteroatoms. The van der Waals surface area contributed by atoms with Crippen molar-refractivity contribution in [2.75, 3.05) is 18.5 Å². The second-order valence-corrected chi connectivity index (χ2v) is 5.82. The monoisotopic (exact) mass is 358 g/mol. The molecule has 2 aromatic carbocycles. The maximum absolute atomic E-state index is 11.9. The first-order chi connectivity index (χ1) is 12.1. The molecule has 5 nitrogen and oxygen atoms in total. The Balaban J connectivity index is 1.71. The molecule has 0 unspecified atom stereocenters. The molecule has 0 bridgehead atoms. The Morgan fingerprint density at radius 2 is 1.96 bits per heavy atom.